The van der Waals surface area contributed by atoms with Crippen molar-refractivity contribution in [2.75, 3.05) is 7.11 Å². The van der Waals surface area contributed by atoms with E-state index in [0.29, 0.717) is 33.6 Å². The fourth-order valence-electron chi connectivity index (χ4n) is 2.99. The van der Waals surface area contributed by atoms with Crippen molar-refractivity contribution in [2.24, 2.45) is 0 Å². The third-order valence-electron chi connectivity index (χ3n) is 4.75. The molecule has 0 aliphatic rings. The van der Waals surface area contributed by atoms with Crippen LogP contribution in [0, 0.1) is 5.82 Å². The lowest BCUT2D eigenvalue weighted by Crippen LogP contribution is -2.22. The highest BCUT2D eigenvalue weighted by molar-refractivity contribution is 7.80. The normalized spacial score (nSPS) is 10.5. The van der Waals surface area contributed by atoms with Crippen LogP contribution in [-0.4, -0.2) is 12.1 Å². The average molecular weight is 444 g/mol. The van der Waals surface area contributed by atoms with E-state index in [0.717, 1.165) is 12.0 Å². The minimum Gasteiger partial charge on any atom is -0.493 e. The van der Waals surface area contributed by atoms with Crippen LogP contribution in [0.2, 0.25) is 5.02 Å². The van der Waals surface area contributed by atoms with E-state index in [1.165, 1.54) is 11.6 Å². The summed E-state index contributed by atoms with van der Waals surface area (Å²) in [6, 6.07) is 18.4. The minimum absolute atomic E-state index is 0.0417. The highest BCUT2D eigenvalue weighted by atomic mass is 35.5. The molecule has 0 radical (unpaired) electrons. The van der Waals surface area contributed by atoms with Gasteiger partial charge in [0.1, 0.15) is 17.4 Å². The van der Waals surface area contributed by atoms with Gasteiger partial charge in [-0.25, -0.2) is 4.39 Å². The molecule has 0 aliphatic carbocycles. The standard InChI is InChI=1S/C24H23ClFNO2S/c1-3-16-10-12-17(13-11-16)14-27-24(30)18-6-4-9-22(28-2)23(18)29-15-19-20(25)7-5-8-21(19)26/h4-13H,3,14-15H2,1-2H3,(H,27,30). The predicted octanol–water partition coefficient (Wildman–Crippen LogP) is 6.09. The molecule has 0 saturated heterocycles. The average Bonchev–Trinajstić information content (AvgIpc) is 2.77. The first-order valence-electron chi connectivity index (χ1n) is 9.62. The van der Waals surface area contributed by atoms with Crippen molar-refractivity contribution in [3.05, 3.63) is 93.8 Å². The zero-order valence-corrected chi connectivity index (χ0v) is 18.4. The Hall–Kier alpha value is -2.63. The maximum absolute atomic E-state index is 14.1. The second-order valence-electron chi connectivity index (χ2n) is 6.68. The zero-order chi connectivity index (χ0) is 21.5. The molecule has 1 N–H and O–H groups in total. The summed E-state index contributed by atoms with van der Waals surface area (Å²) in [6.07, 6.45) is 1.00. The number of hydrogen-bond donors (Lipinski definition) is 1. The van der Waals surface area contributed by atoms with E-state index in [-0.39, 0.29) is 12.2 Å². The van der Waals surface area contributed by atoms with Crippen LogP contribution in [0.15, 0.2) is 60.7 Å². The van der Waals surface area contributed by atoms with E-state index in [4.69, 9.17) is 33.3 Å². The van der Waals surface area contributed by atoms with Gasteiger partial charge in [-0.1, -0.05) is 67.1 Å². The van der Waals surface area contributed by atoms with Gasteiger partial charge in [0, 0.05) is 12.1 Å². The Morgan fingerprint density at radius 3 is 2.40 bits per heavy atom. The number of rotatable bonds is 8. The fraction of sp³-hybridized carbons (Fsp3) is 0.208. The van der Waals surface area contributed by atoms with Crippen molar-refractivity contribution in [2.45, 2.75) is 26.5 Å². The van der Waals surface area contributed by atoms with Crippen LogP contribution in [-0.2, 0) is 19.6 Å². The fourth-order valence-corrected chi connectivity index (χ4v) is 3.44. The number of thiocarbonyl (C=S) groups is 1. The van der Waals surface area contributed by atoms with E-state index in [1.54, 1.807) is 25.3 Å². The van der Waals surface area contributed by atoms with Crippen LogP contribution in [0.1, 0.15) is 29.2 Å². The molecule has 156 valence electrons. The van der Waals surface area contributed by atoms with Crippen molar-refractivity contribution >= 4 is 28.8 Å². The van der Waals surface area contributed by atoms with Gasteiger partial charge in [0.15, 0.2) is 11.5 Å². The highest BCUT2D eigenvalue weighted by Gasteiger charge is 2.16. The Balaban J connectivity index is 1.77. The largest absolute Gasteiger partial charge is 0.493 e. The smallest absolute Gasteiger partial charge is 0.171 e. The molecule has 0 amide bonds. The second kappa shape index (κ2) is 10.4. The molecule has 0 atom stereocenters. The topological polar surface area (TPSA) is 30.5 Å². The van der Waals surface area contributed by atoms with Gasteiger partial charge < -0.3 is 14.8 Å². The third-order valence-corrected chi connectivity index (χ3v) is 5.47. The first-order chi connectivity index (χ1) is 14.5. The maximum atomic E-state index is 14.1. The number of halogens is 2. The van der Waals surface area contributed by atoms with Gasteiger partial charge in [0.25, 0.3) is 0 Å². The van der Waals surface area contributed by atoms with Crippen LogP contribution in [0.5, 0.6) is 11.5 Å². The zero-order valence-electron chi connectivity index (χ0n) is 16.9. The number of nitrogens with one attached hydrogen (secondary N) is 1. The van der Waals surface area contributed by atoms with Crippen molar-refractivity contribution < 1.29 is 13.9 Å². The predicted molar refractivity (Wildman–Crippen MR) is 123 cm³/mol. The molecule has 0 unspecified atom stereocenters. The Morgan fingerprint density at radius 1 is 1.03 bits per heavy atom. The lowest BCUT2D eigenvalue weighted by Gasteiger charge is -2.17. The van der Waals surface area contributed by atoms with Gasteiger partial charge in [-0.15, -0.1) is 0 Å². The first-order valence-corrected chi connectivity index (χ1v) is 10.4. The van der Waals surface area contributed by atoms with Gasteiger partial charge in [0.05, 0.1) is 17.7 Å². The van der Waals surface area contributed by atoms with Crippen LogP contribution in [0.4, 0.5) is 4.39 Å². The molecule has 0 aromatic heterocycles. The number of para-hydroxylation sites is 1. The molecule has 3 nitrogen and oxygen atoms in total. The number of ether oxygens (including phenoxy) is 2. The summed E-state index contributed by atoms with van der Waals surface area (Å²) in [7, 11) is 1.55. The molecule has 3 rings (SSSR count). The molecule has 3 aromatic carbocycles. The summed E-state index contributed by atoms with van der Waals surface area (Å²) in [5.41, 5.74) is 3.36. The van der Waals surface area contributed by atoms with Crippen LogP contribution in [0.3, 0.4) is 0 Å². The number of hydrogen-bond acceptors (Lipinski definition) is 3. The summed E-state index contributed by atoms with van der Waals surface area (Å²) in [5, 5.41) is 3.57. The monoisotopic (exact) mass is 443 g/mol. The SMILES string of the molecule is CCc1ccc(CNC(=S)c2cccc(OC)c2OCc2c(F)cccc2Cl)cc1. The van der Waals surface area contributed by atoms with E-state index in [2.05, 4.69) is 36.5 Å². The molecule has 0 heterocycles. The minimum atomic E-state index is -0.421. The Labute approximate surface area is 186 Å². The first kappa shape index (κ1) is 22.1. The van der Waals surface area contributed by atoms with E-state index in [1.807, 2.05) is 12.1 Å². The summed E-state index contributed by atoms with van der Waals surface area (Å²) in [4.78, 5) is 0.517. The summed E-state index contributed by atoms with van der Waals surface area (Å²) in [6.45, 7) is 2.67. The molecular weight excluding hydrogens is 421 g/mol. The summed E-state index contributed by atoms with van der Waals surface area (Å²) >= 11 is 11.7. The summed E-state index contributed by atoms with van der Waals surface area (Å²) < 4.78 is 25.5. The molecule has 0 bridgehead atoms. The van der Waals surface area contributed by atoms with Gasteiger partial charge in [-0.2, -0.15) is 0 Å². The molecular formula is C24H23ClFNO2S. The third kappa shape index (κ3) is 5.29. The molecule has 0 spiro atoms. The summed E-state index contributed by atoms with van der Waals surface area (Å²) in [5.74, 6) is 0.532. The molecule has 0 fully saturated rings. The van der Waals surface area contributed by atoms with Crippen molar-refractivity contribution in [3.8, 4) is 11.5 Å². The molecule has 30 heavy (non-hydrogen) atoms. The Morgan fingerprint density at radius 2 is 1.73 bits per heavy atom. The van der Waals surface area contributed by atoms with E-state index in [9.17, 15) is 4.39 Å². The van der Waals surface area contributed by atoms with Crippen LogP contribution in [0.25, 0.3) is 0 Å². The van der Waals surface area contributed by atoms with Crippen molar-refractivity contribution in [3.63, 3.8) is 0 Å². The Bertz CT molecular complexity index is 1000. The Kier molecular flexibility index (Phi) is 7.66. The van der Waals surface area contributed by atoms with Gasteiger partial charge >= 0.3 is 0 Å². The molecule has 6 heteroatoms. The lowest BCUT2D eigenvalue weighted by atomic mass is 10.1. The molecule has 0 aliphatic heterocycles. The van der Waals surface area contributed by atoms with E-state index < -0.39 is 5.82 Å². The molecule has 0 saturated carbocycles. The van der Waals surface area contributed by atoms with Crippen molar-refractivity contribution in [1.29, 1.82) is 0 Å². The van der Waals surface area contributed by atoms with E-state index >= 15 is 0 Å². The second-order valence-corrected chi connectivity index (χ2v) is 7.49. The van der Waals surface area contributed by atoms with Crippen LogP contribution >= 0.6 is 23.8 Å². The number of aryl methyl sites for hydroxylation is 1. The lowest BCUT2D eigenvalue weighted by molar-refractivity contribution is 0.279. The van der Waals surface area contributed by atoms with Gasteiger partial charge in [0.2, 0.25) is 0 Å². The highest BCUT2D eigenvalue weighted by Crippen LogP contribution is 2.33. The number of methoxy groups -OCH3 is 1. The molecule has 3 aromatic rings. The number of benzene rings is 3. The van der Waals surface area contributed by atoms with Crippen molar-refractivity contribution in [1.82, 2.24) is 5.32 Å². The van der Waals surface area contributed by atoms with Gasteiger partial charge in [-0.3, -0.25) is 0 Å². The van der Waals surface area contributed by atoms with Crippen LogP contribution < -0.4 is 14.8 Å². The quantitative estimate of drug-likeness (QED) is 0.426. The maximum Gasteiger partial charge on any atom is 0.171 e. The van der Waals surface area contributed by atoms with Gasteiger partial charge in [-0.05, 0) is 41.8 Å².